The molecule has 0 saturated heterocycles. The monoisotopic (exact) mass is 337 g/mol. The summed E-state index contributed by atoms with van der Waals surface area (Å²) in [5.74, 6) is 0.145. The van der Waals surface area contributed by atoms with E-state index in [9.17, 15) is 14.4 Å². The van der Waals surface area contributed by atoms with Crippen LogP contribution in [0.4, 0.5) is 4.39 Å². The summed E-state index contributed by atoms with van der Waals surface area (Å²) in [5, 5.41) is 9.31. The van der Waals surface area contributed by atoms with Gasteiger partial charge in [-0.05, 0) is 24.3 Å². The van der Waals surface area contributed by atoms with Crippen molar-refractivity contribution in [1.29, 1.82) is 5.26 Å². The van der Waals surface area contributed by atoms with E-state index >= 15 is 0 Å². The van der Waals surface area contributed by atoms with Crippen molar-refractivity contribution in [2.45, 2.75) is 5.75 Å². The molecule has 3 aromatic rings. The Kier molecular flexibility index (Phi) is 4.45. The molecule has 0 fully saturated rings. The maximum atomic E-state index is 13.2. The van der Waals surface area contributed by atoms with Crippen LogP contribution in [0.25, 0.3) is 17.1 Å². The van der Waals surface area contributed by atoms with E-state index in [0.29, 0.717) is 22.8 Å². The summed E-state index contributed by atoms with van der Waals surface area (Å²) in [6, 6.07) is 16.5. The van der Waals surface area contributed by atoms with Crippen molar-refractivity contribution in [3.8, 4) is 23.1 Å². The molecular formula is C18H12FN3OS. The standard InChI is InChI=1S/C18H12FN3OS/c19-13-6-8-14(9-7-13)22-17(12-4-2-1-3-5-12)21-16(11-24)15(10-20)18(22)23/h1-9,24H,11H2. The van der Waals surface area contributed by atoms with Crippen LogP contribution in [-0.2, 0) is 5.75 Å². The van der Waals surface area contributed by atoms with Crippen LogP contribution in [-0.4, -0.2) is 9.55 Å². The third-order valence-corrected chi connectivity index (χ3v) is 3.84. The second-order valence-electron chi connectivity index (χ2n) is 5.01. The van der Waals surface area contributed by atoms with Gasteiger partial charge in [0.05, 0.1) is 11.4 Å². The summed E-state index contributed by atoms with van der Waals surface area (Å²) in [5.41, 5.74) is 0.917. The summed E-state index contributed by atoms with van der Waals surface area (Å²) in [6.45, 7) is 0. The highest BCUT2D eigenvalue weighted by atomic mass is 32.1. The first-order valence-electron chi connectivity index (χ1n) is 7.14. The molecule has 0 N–H and O–H groups in total. The Balaban J connectivity index is 2.39. The molecule has 1 heterocycles. The highest BCUT2D eigenvalue weighted by molar-refractivity contribution is 7.79. The summed E-state index contributed by atoms with van der Waals surface area (Å²) in [7, 11) is 0. The smallest absolute Gasteiger partial charge is 0.267 e. The van der Waals surface area contributed by atoms with E-state index < -0.39 is 11.4 Å². The van der Waals surface area contributed by atoms with Crippen LogP contribution in [0, 0.1) is 17.1 Å². The Morgan fingerprint density at radius 1 is 1.12 bits per heavy atom. The SMILES string of the molecule is N#Cc1c(CS)nc(-c2ccccc2)n(-c2ccc(F)cc2)c1=O. The van der Waals surface area contributed by atoms with Crippen LogP contribution in [0.3, 0.4) is 0 Å². The van der Waals surface area contributed by atoms with Gasteiger partial charge in [0.15, 0.2) is 0 Å². The molecule has 118 valence electrons. The van der Waals surface area contributed by atoms with Crippen LogP contribution in [0.15, 0.2) is 59.4 Å². The highest BCUT2D eigenvalue weighted by Crippen LogP contribution is 2.21. The molecule has 0 spiro atoms. The molecule has 6 heteroatoms. The van der Waals surface area contributed by atoms with E-state index in [4.69, 9.17) is 0 Å². The predicted octanol–water partition coefficient (Wildman–Crippen LogP) is 3.34. The Morgan fingerprint density at radius 3 is 2.38 bits per heavy atom. The van der Waals surface area contributed by atoms with Gasteiger partial charge in [-0.15, -0.1) is 0 Å². The molecule has 0 bridgehead atoms. The average Bonchev–Trinajstić information content (AvgIpc) is 2.62. The molecule has 0 saturated carbocycles. The van der Waals surface area contributed by atoms with Gasteiger partial charge in [-0.25, -0.2) is 9.37 Å². The second-order valence-corrected chi connectivity index (χ2v) is 5.33. The van der Waals surface area contributed by atoms with Crippen molar-refractivity contribution in [3.63, 3.8) is 0 Å². The molecule has 0 aliphatic heterocycles. The first-order valence-corrected chi connectivity index (χ1v) is 7.77. The van der Waals surface area contributed by atoms with E-state index in [2.05, 4.69) is 17.6 Å². The summed E-state index contributed by atoms with van der Waals surface area (Å²) in [4.78, 5) is 17.3. The first kappa shape index (κ1) is 16.0. The fraction of sp³-hybridized carbons (Fsp3) is 0.0556. The predicted molar refractivity (Wildman–Crippen MR) is 92.6 cm³/mol. The molecule has 0 radical (unpaired) electrons. The van der Waals surface area contributed by atoms with Crippen molar-refractivity contribution in [2.75, 3.05) is 0 Å². The molecule has 24 heavy (non-hydrogen) atoms. The zero-order valence-corrected chi connectivity index (χ0v) is 13.4. The van der Waals surface area contributed by atoms with E-state index in [-0.39, 0.29) is 11.3 Å². The van der Waals surface area contributed by atoms with Gasteiger partial charge in [0.2, 0.25) is 0 Å². The number of nitriles is 1. The molecule has 0 aliphatic rings. The van der Waals surface area contributed by atoms with Gasteiger partial charge < -0.3 is 0 Å². The van der Waals surface area contributed by atoms with Crippen molar-refractivity contribution in [2.24, 2.45) is 0 Å². The van der Waals surface area contributed by atoms with Gasteiger partial charge in [0.25, 0.3) is 5.56 Å². The molecule has 1 aromatic heterocycles. The van der Waals surface area contributed by atoms with Crippen molar-refractivity contribution >= 4 is 12.6 Å². The third kappa shape index (κ3) is 2.82. The molecule has 0 amide bonds. The second kappa shape index (κ2) is 6.69. The van der Waals surface area contributed by atoms with Crippen LogP contribution >= 0.6 is 12.6 Å². The molecule has 3 rings (SSSR count). The quantitative estimate of drug-likeness (QED) is 0.746. The highest BCUT2D eigenvalue weighted by Gasteiger charge is 2.18. The van der Waals surface area contributed by atoms with E-state index in [1.807, 2.05) is 36.4 Å². The van der Waals surface area contributed by atoms with Crippen LogP contribution in [0.1, 0.15) is 11.3 Å². The molecule has 0 aliphatic carbocycles. The Bertz CT molecular complexity index is 976. The molecule has 2 aromatic carbocycles. The van der Waals surface area contributed by atoms with Crippen molar-refractivity contribution in [1.82, 2.24) is 9.55 Å². The number of aromatic nitrogens is 2. The average molecular weight is 337 g/mol. The zero-order valence-electron chi connectivity index (χ0n) is 12.5. The van der Waals surface area contributed by atoms with Crippen LogP contribution in [0.5, 0.6) is 0 Å². The lowest BCUT2D eigenvalue weighted by Gasteiger charge is -2.14. The van der Waals surface area contributed by atoms with Crippen molar-refractivity contribution in [3.05, 3.63) is 82.0 Å². The summed E-state index contributed by atoms with van der Waals surface area (Å²) < 4.78 is 14.5. The fourth-order valence-electron chi connectivity index (χ4n) is 2.40. The largest absolute Gasteiger partial charge is 0.276 e. The molecule has 4 nitrogen and oxygen atoms in total. The molecule has 0 unspecified atom stereocenters. The minimum absolute atomic E-state index is 0.0611. The van der Waals surface area contributed by atoms with Gasteiger partial charge in [-0.1, -0.05) is 30.3 Å². The van der Waals surface area contributed by atoms with Gasteiger partial charge in [0, 0.05) is 11.3 Å². The third-order valence-electron chi connectivity index (χ3n) is 3.54. The van der Waals surface area contributed by atoms with E-state index in [1.165, 1.54) is 28.8 Å². The number of rotatable bonds is 3. The lowest BCUT2D eigenvalue weighted by atomic mass is 10.1. The zero-order chi connectivity index (χ0) is 17.1. The normalized spacial score (nSPS) is 10.4. The fourth-order valence-corrected chi connectivity index (χ4v) is 2.63. The van der Waals surface area contributed by atoms with Crippen molar-refractivity contribution < 1.29 is 4.39 Å². The van der Waals surface area contributed by atoms with Gasteiger partial charge in [0.1, 0.15) is 23.3 Å². The minimum atomic E-state index is -0.498. The molecule has 0 atom stereocenters. The summed E-state index contributed by atoms with van der Waals surface area (Å²) in [6.07, 6.45) is 0. The first-order chi connectivity index (χ1) is 11.7. The van der Waals surface area contributed by atoms with Gasteiger partial charge in [-0.3, -0.25) is 9.36 Å². The summed E-state index contributed by atoms with van der Waals surface area (Å²) >= 11 is 4.16. The Hall–Kier alpha value is -2.91. The van der Waals surface area contributed by atoms with E-state index in [0.717, 1.165) is 0 Å². The minimum Gasteiger partial charge on any atom is -0.267 e. The number of nitrogens with zero attached hydrogens (tertiary/aromatic N) is 3. The van der Waals surface area contributed by atoms with Crippen LogP contribution in [0.2, 0.25) is 0 Å². The maximum absolute atomic E-state index is 13.2. The Morgan fingerprint density at radius 2 is 1.79 bits per heavy atom. The number of hydrogen-bond donors (Lipinski definition) is 1. The number of thiol groups is 1. The van der Waals surface area contributed by atoms with Crippen LogP contribution < -0.4 is 5.56 Å². The topological polar surface area (TPSA) is 58.7 Å². The van der Waals surface area contributed by atoms with Gasteiger partial charge in [-0.2, -0.15) is 17.9 Å². The van der Waals surface area contributed by atoms with Gasteiger partial charge >= 0.3 is 0 Å². The van der Waals surface area contributed by atoms with E-state index in [1.54, 1.807) is 0 Å². The number of hydrogen-bond acceptors (Lipinski definition) is 4. The number of benzene rings is 2. The maximum Gasteiger partial charge on any atom is 0.276 e. The number of halogens is 1. The molecular weight excluding hydrogens is 325 g/mol. The Labute approximate surface area is 143 Å². The lowest BCUT2D eigenvalue weighted by Crippen LogP contribution is -2.26. The lowest BCUT2D eigenvalue weighted by molar-refractivity contribution is 0.627.